The third-order valence-corrected chi connectivity index (χ3v) is 3.60. The van der Waals surface area contributed by atoms with Gasteiger partial charge >= 0.3 is 5.97 Å². The van der Waals surface area contributed by atoms with Crippen LogP contribution in [-0.4, -0.2) is 31.6 Å². The number of rotatable bonds is 3. The second-order valence-corrected chi connectivity index (χ2v) is 5.09. The predicted molar refractivity (Wildman–Crippen MR) is 77.1 cm³/mol. The first-order valence-electron chi connectivity index (χ1n) is 6.54. The van der Waals surface area contributed by atoms with Crippen molar-refractivity contribution < 1.29 is 14.3 Å². The molecule has 1 aliphatic rings. The van der Waals surface area contributed by atoms with Crippen LogP contribution in [0.4, 0.5) is 5.69 Å². The molecule has 0 bridgehead atoms. The highest BCUT2D eigenvalue weighted by Crippen LogP contribution is 2.24. The molecule has 1 aromatic carbocycles. The Morgan fingerprint density at radius 3 is 2.85 bits per heavy atom. The summed E-state index contributed by atoms with van der Waals surface area (Å²) in [5.41, 5.74) is 0.774. The Hall–Kier alpha value is -1.59. The molecular formula is C14H17ClN2O3. The molecular weight excluding hydrogens is 280 g/mol. The van der Waals surface area contributed by atoms with Crippen molar-refractivity contribution in [2.75, 3.05) is 19.0 Å². The highest BCUT2D eigenvalue weighted by Gasteiger charge is 2.21. The molecule has 1 saturated heterocycles. The number of hydrogen-bond donors (Lipinski definition) is 2. The van der Waals surface area contributed by atoms with E-state index in [4.69, 9.17) is 11.6 Å². The van der Waals surface area contributed by atoms with Gasteiger partial charge in [-0.3, -0.25) is 4.79 Å². The summed E-state index contributed by atoms with van der Waals surface area (Å²) >= 11 is 6.04. The van der Waals surface area contributed by atoms with Crippen LogP contribution in [0.5, 0.6) is 0 Å². The van der Waals surface area contributed by atoms with Gasteiger partial charge in [0.1, 0.15) is 0 Å². The minimum Gasteiger partial charge on any atom is -0.465 e. The minimum atomic E-state index is -0.465. The molecule has 2 rings (SSSR count). The first-order valence-corrected chi connectivity index (χ1v) is 6.91. The van der Waals surface area contributed by atoms with Crippen molar-refractivity contribution in [3.05, 3.63) is 28.8 Å². The third-order valence-electron chi connectivity index (χ3n) is 3.27. The zero-order valence-corrected chi connectivity index (χ0v) is 12.0. The van der Waals surface area contributed by atoms with E-state index in [2.05, 4.69) is 15.4 Å². The minimum absolute atomic E-state index is 0.131. The molecule has 1 heterocycles. The fraction of sp³-hybridized carbons (Fsp3) is 0.429. The second kappa shape index (κ2) is 6.72. The number of nitrogens with one attached hydrogen (secondary N) is 2. The third kappa shape index (κ3) is 3.49. The lowest BCUT2D eigenvalue weighted by molar-refractivity contribution is -0.118. The van der Waals surface area contributed by atoms with Gasteiger partial charge in [0, 0.05) is 0 Å². The van der Waals surface area contributed by atoms with Crippen LogP contribution >= 0.6 is 11.6 Å². The summed E-state index contributed by atoms with van der Waals surface area (Å²) in [6.07, 6.45) is 2.92. The monoisotopic (exact) mass is 296 g/mol. The molecule has 1 amide bonds. The van der Waals surface area contributed by atoms with E-state index < -0.39 is 5.97 Å². The average Bonchev–Trinajstić information content (AvgIpc) is 2.49. The Bertz CT molecular complexity index is 513. The summed E-state index contributed by atoms with van der Waals surface area (Å²) in [5.74, 6) is -0.596. The van der Waals surface area contributed by atoms with Gasteiger partial charge < -0.3 is 15.4 Å². The SMILES string of the molecule is COC(=O)c1ccc(Cl)c(NC(=O)[C@H]2CCCCN2)c1. The molecule has 1 aromatic rings. The Kier molecular flexibility index (Phi) is 4.98. The quantitative estimate of drug-likeness (QED) is 0.839. The van der Waals surface area contributed by atoms with Crippen molar-refractivity contribution in [1.82, 2.24) is 5.32 Å². The standard InChI is InChI=1S/C14H17ClN2O3/c1-20-14(19)9-5-6-10(15)12(8-9)17-13(18)11-4-2-3-7-16-11/h5-6,8,11,16H,2-4,7H2,1H3,(H,17,18)/t11-/m1/s1. The van der Waals surface area contributed by atoms with Gasteiger partial charge in [-0.1, -0.05) is 18.0 Å². The number of esters is 1. The van der Waals surface area contributed by atoms with Crippen LogP contribution in [-0.2, 0) is 9.53 Å². The maximum atomic E-state index is 12.1. The number of amides is 1. The molecule has 1 aliphatic heterocycles. The smallest absolute Gasteiger partial charge is 0.337 e. The highest BCUT2D eigenvalue weighted by atomic mass is 35.5. The molecule has 20 heavy (non-hydrogen) atoms. The first kappa shape index (κ1) is 14.8. The van der Waals surface area contributed by atoms with Crippen LogP contribution in [0.25, 0.3) is 0 Å². The van der Waals surface area contributed by atoms with E-state index in [1.807, 2.05) is 0 Å². The van der Waals surface area contributed by atoms with Crippen LogP contribution in [0.1, 0.15) is 29.6 Å². The molecule has 6 heteroatoms. The van der Waals surface area contributed by atoms with E-state index in [0.29, 0.717) is 16.3 Å². The lowest BCUT2D eigenvalue weighted by atomic mass is 10.0. The highest BCUT2D eigenvalue weighted by molar-refractivity contribution is 6.34. The summed E-state index contributed by atoms with van der Waals surface area (Å²) in [4.78, 5) is 23.6. The summed E-state index contributed by atoms with van der Waals surface area (Å²) in [7, 11) is 1.31. The molecule has 5 nitrogen and oxygen atoms in total. The van der Waals surface area contributed by atoms with E-state index in [9.17, 15) is 9.59 Å². The van der Waals surface area contributed by atoms with Crippen molar-refractivity contribution in [3.63, 3.8) is 0 Å². The van der Waals surface area contributed by atoms with Crippen LogP contribution in [0.2, 0.25) is 5.02 Å². The lowest BCUT2D eigenvalue weighted by Gasteiger charge is -2.22. The van der Waals surface area contributed by atoms with Crippen molar-refractivity contribution >= 4 is 29.2 Å². The molecule has 0 spiro atoms. The Balaban J connectivity index is 2.11. The fourth-order valence-corrected chi connectivity index (χ4v) is 2.33. The average molecular weight is 297 g/mol. The Morgan fingerprint density at radius 2 is 2.20 bits per heavy atom. The molecule has 1 fully saturated rings. The van der Waals surface area contributed by atoms with E-state index >= 15 is 0 Å². The lowest BCUT2D eigenvalue weighted by Crippen LogP contribution is -2.43. The van der Waals surface area contributed by atoms with Gasteiger partial charge in [-0.15, -0.1) is 0 Å². The second-order valence-electron chi connectivity index (χ2n) is 4.68. The van der Waals surface area contributed by atoms with Crippen molar-refractivity contribution in [2.45, 2.75) is 25.3 Å². The number of carbonyl (C=O) groups excluding carboxylic acids is 2. The van der Waals surface area contributed by atoms with Crippen LogP contribution in [0, 0.1) is 0 Å². The normalized spacial score (nSPS) is 18.4. The van der Waals surface area contributed by atoms with Gasteiger partial charge in [-0.05, 0) is 37.6 Å². The van der Waals surface area contributed by atoms with E-state index in [1.165, 1.54) is 13.2 Å². The first-order chi connectivity index (χ1) is 9.61. The van der Waals surface area contributed by atoms with Crippen LogP contribution < -0.4 is 10.6 Å². The van der Waals surface area contributed by atoms with E-state index in [-0.39, 0.29) is 11.9 Å². The zero-order chi connectivity index (χ0) is 14.5. The number of hydrogen-bond acceptors (Lipinski definition) is 4. The molecule has 1 atom stereocenters. The maximum Gasteiger partial charge on any atom is 0.337 e. The van der Waals surface area contributed by atoms with Gasteiger partial charge in [0.2, 0.25) is 5.91 Å². The van der Waals surface area contributed by atoms with Crippen LogP contribution in [0.3, 0.4) is 0 Å². The summed E-state index contributed by atoms with van der Waals surface area (Å²) in [6, 6.07) is 4.44. The van der Waals surface area contributed by atoms with E-state index in [1.54, 1.807) is 12.1 Å². The number of piperidine rings is 1. The summed E-state index contributed by atoms with van der Waals surface area (Å²) in [5, 5.41) is 6.31. The van der Waals surface area contributed by atoms with Gasteiger partial charge in [0.05, 0.1) is 29.4 Å². The zero-order valence-electron chi connectivity index (χ0n) is 11.2. The summed E-state index contributed by atoms with van der Waals surface area (Å²) < 4.78 is 4.65. The number of halogens is 1. The topological polar surface area (TPSA) is 67.4 Å². The molecule has 0 radical (unpaired) electrons. The van der Waals surface area contributed by atoms with Gasteiger partial charge in [-0.25, -0.2) is 4.79 Å². The summed E-state index contributed by atoms with van der Waals surface area (Å²) in [6.45, 7) is 0.841. The number of benzene rings is 1. The Labute approximate surface area is 122 Å². The van der Waals surface area contributed by atoms with Gasteiger partial charge in [-0.2, -0.15) is 0 Å². The predicted octanol–water partition coefficient (Wildman–Crippen LogP) is 2.21. The number of ether oxygens (including phenoxy) is 1. The molecule has 2 N–H and O–H groups in total. The molecule has 0 aliphatic carbocycles. The molecule has 108 valence electrons. The van der Waals surface area contributed by atoms with Crippen molar-refractivity contribution in [3.8, 4) is 0 Å². The number of methoxy groups -OCH3 is 1. The number of carbonyl (C=O) groups is 2. The van der Waals surface area contributed by atoms with Crippen molar-refractivity contribution in [1.29, 1.82) is 0 Å². The Morgan fingerprint density at radius 1 is 1.40 bits per heavy atom. The van der Waals surface area contributed by atoms with Crippen LogP contribution in [0.15, 0.2) is 18.2 Å². The maximum absolute atomic E-state index is 12.1. The number of anilines is 1. The van der Waals surface area contributed by atoms with Gasteiger partial charge in [0.15, 0.2) is 0 Å². The fourth-order valence-electron chi connectivity index (χ4n) is 2.16. The van der Waals surface area contributed by atoms with E-state index in [0.717, 1.165) is 25.8 Å². The molecule has 0 aromatic heterocycles. The largest absolute Gasteiger partial charge is 0.465 e. The van der Waals surface area contributed by atoms with Gasteiger partial charge in [0.25, 0.3) is 0 Å². The molecule has 0 saturated carbocycles. The molecule has 0 unspecified atom stereocenters. The van der Waals surface area contributed by atoms with Crippen molar-refractivity contribution in [2.24, 2.45) is 0 Å².